The molecule has 2 aromatic carbocycles. The topological polar surface area (TPSA) is 78.5 Å². The highest BCUT2D eigenvalue weighted by Gasteiger charge is 2.11. The number of hydrogen-bond acceptors (Lipinski definition) is 4. The van der Waals surface area contributed by atoms with Crippen LogP contribution in [0.25, 0.3) is 0 Å². The Morgan fingerprint density at radius 3 is 2.62 bits per heavy atom. The van der Waals surface area contributed by atoms with E-state index in [1.54, 1.807) is 6.92 Å². The summed E-state index contributed by atoms with van der Waals surface area (Å²) in [5.41, 5.74) is 0.943. The molecule has 8 heteroatoms. The highest BCUT2D eigenvalue weighted by atomic mass is 32.2. The van der Waals surface area contributed by atoms with Gasteiger partial charge in [0.1, 0.15) is 12.4 Å². The minimum Gasteiger partial charge on any atom is -0.755 e. The summed E-state index contributed by atoms with van der Waals surface area (Å²) >= 11 is -2.57. The number of anilines is 1. The van der Waals surface area contributed by atoms with E-state index in [0.717, 1.165) is 12.1 Å². The van der Waals surface area contributed by atoms with Crippen molar-refractivity contribution in [2.45, 2.75) is 20.0 Å². The van der Waals surface area contributed by atoms with Crippen molar-refractivity contribution >= 4 is 22.7 Å². The molecule has 2 rings (SSSR count). The molecule has 1 N–H and O–H groups in total. The summed E-state index contributed by atoms with van der Waals surface area (Å²) in [6.07, 6.45) is 0.285. The van der Waals surface area contributed by atoms with Crippen LogP contribution in [0.5, 0.6) is 5.75 Å². The molecule has 0 heterocycles. The second-order valence-electron chi connectivity index (χ2n) is 4.85. The Labute approximate surface area is 140 Å². The number of ketones is 1. The van der Waals surface area contributed by atoms with Crippen molar-refractivity contribution < 1.29 is 27.1 Å². The first-order valence-corrected chi connectivity index (χ1v) is 8.08. The van der Waals surface area contributed by atoms with Gasteiger partial charge in [-0.25, -0.2) is 8.78 Å². The summed E-state index contributed by atoms with van der Waals surface area (Å²) in [5, 5.41) is 0. The van der Waals surface area contributed by atoms with Crippen molar-refractivity contribution in [1.82, 2.24) is 0 Å². The Morgan fingerprint density at radius 2 is 2.00 bits per heavy atom. The quantitative estimate of drug-likeness (QED) is 0.611. The van der Waals surface area contributed by atoms with Crippen LogP contribution >= 0.6 is 0 Å². The number of carbonyl (C=O) groups excluding carboxylic acids is 1. The second-order valence-corrected chi connectivity index (χ2v) is 5.52. The fourth-order valence-corrected chi connectivity index (χ4v) is 2.41. The van der Waals surface area contributed by atoms with Gasteiger partial charge in [-0.1, -0.05) is 6.92 Å². The fraction of sp³-hybridized carbons (Fsp3) is 0.188. The van der Waals surface area contributed by atoms with E-state index in [-0.39, 0.29) is 30.2 Å². The number of rotatable bonds is 7. The number of carbonyl (C=O) groups is 1. The zero-order valence-electron chi connectivity index (χ0n) is 12.7. The van der Waals surface area contributed by atoms with E-state index in [1.807, 2.05) is 0 Å². The molecule has 0 bridgehead atoms. The first kappa shape index (κ1) is 18.0. The maximum absolute atomic E-state index is 13.6. The van der Waals surface area contributed by atoms with Gasteiger partial charge in [0.05, 0.1) is 5.69 Å². The number of benzene rings is 2. The Hall–Kier alpha value is -2.32. The van der Waals surface area contributed by atoms with E-state index in [0.29, 0.717) is 17.2 Å². The molecule has 0 saturated heterocycles. The number of Topliss-reactive ketones (excluding diaryl/α,β-unsaturated/α-hetero) is 1. The molecule has 128 valence electrons. The minimum atomic E-state index is -2.57. The Morgan fingerprint density at radius 1 is 1.25 bits per heavy atom. The highest BCUT2D eigenvalue weighted by molar-refractivity contribution is 7.80. The van der Waals surface area contributed by atoms with Gasteiger partial charge >= 0.3 is 0 Å². The SMILES string of the molecule is CCC(=O)c1ccc(NS(=O)[O-])c(COc2ccc(F)cc2F)c1. The van der Waals surface area contributed by atoms with Crippen molar-refractivity contribution in [3.63, 3.8) is 0 Å². The number of ether oxygens (including phenoxy) is 1. The van der Waals surface area contributed by atoms with Crippen LogP contribution in [0.4, 0.5) is 14.5 Å². The van der Waals surface area contributed by atoms with Crippen molar-refractivity contribution in [2.24, 2.45) is 0 Å². The van der Waals surface area contributed by atoms with Crippen LogP contribution in [-0.2, 0) is 17.9 Å². The molecule has 0 aliphatic carbocycles. The first-order chi connectivity index (χ1) is 11.4. The van der Waals surface area contributed by atoms with Gasteiger partial charge < -0.3 is 14.0 Å². The molecule has 1 atom stereocenters. The van der Waals surface area contributed by atoms with Gasteiger partial charge in [0, 0.05) is 34.9 Å². The van der Waals surface area contributed by atoms with Crippen molar-refractivity contribution in [1.29, 1.82) is 0 Å². The van der Waals surface area contributed by atoms with Crippen LogP contribution in [0.15, 0.2) is 36.4 Å². The third-order valence-electron chi connectivity index (χ3n) is 3.22. The molecule has 0 aromatic heterocycles. The van der Waals surface area contributed by atoms with E-state index in [2.05, 4.69) is 4.72 Å². The minimum absolute atomic E-state index is 0.126. The molecule has 2 aromatic rings. The van der Waals surface area contributed by atoms with Crippen molar-refractivity contribution in [3.05, 3.63) is 59.2 Å². The van der Waals surface area contributed by atoms with Crippen LogP contribution < -0.4 is 9.46 Å². The normalized spacial score (nSPS) is 11.8. The number of nitrogens with one attached hydrogen (secondary N) is 1. The molecule has 0 radical (unpaired) electrons. The molecule has 1 unspecified atom stereocenters. The lowest BCUT2D eigenvalue weighted by Gasteiger charge is -2.15. The highest BCUT2D eigenvalue weighted by Crippen LogP contribution is 2.23. The third-order valence-corrected chi connectivity index (χ3v) is 3.61. The average molecular weight is 354 g/mol. The Balaban J connectivity index is 2.27. The fourth-order valence-electron chi connectivity index (χ4n) is 2.03. The lowest BCUT2D eigenvalue weighted by atomic mass is 10.0. The summed E-state index contributed by atoms with van der Waals surface area (Å²) in [6.45, 7) is 1.50. The smallest absolute Gasteiger partial charge is 0.167 e. The van der Waals surface area contributed by atoms with Crippen molar-refractivity contribution in [3.8, 4) is 5.75 Å². The predicted molar refractivity (Wildman–Crippen MR) is 84.3 cm³/mol. The molecule has 0 saturated carbocycles. The zero-order valence-corrected chi connectivity index (χ0v) is 13.5. The summed E-state index contributed by atoms with van der Waals surface area (Å²) in [5.74, 6) is -1.92. The first-order valence-electron chi connectivity index (χ1n) is 7.00. The Bertz CT molecular complexity index is 783. The molecular formula is C16H14F2NO4S-. The van der Waals surface area contributed by atoms with Gasteiger partial charge in [0.25, 0.3) is 0 Å². The second kappa shape index (κ2) is 7.98. The number of halogens is 2. The molecule has 0 amide bonds. The molecule has 0 spiro atoms. The summed E-state index contributed by atoms with van der Waals surface area (Å²) < 4.78 is 55.6. The van der Waals surface area contributed by atoms with E-state index in [1.165, 1.54) is 18.2 Å². The van der Waals surface area contributed by atoms with E-state index < -0.39 is 22.9 Å². The standard InChI is InChI=1S/C16H15F2NO4S/c1-2-15(20)10-3-5-14(19-24(21)22)11(7-10)9-23-16-6-4-12(17)8-13(16)18/h3-8,19H,2,9H2,1H3,(H,21,22)/p-1. The van der Waals surface area contributed by atoms with Gasteiger partial charge in [0.15, 0.2) is 17.3 Å². The summed E-state index contributed by atoms with van der Waals surface area (Å²) in [4.78, 5) is 11.8. The molecule has 5 nitrogen and oxygen atoms in total. The van der Waals surface area contributed by atoms with Crippen LogP contribution in [0.3, 0.4) is 0 Å². The largest absolute Gasteiger partial charge is 0.755 e. The van der Waals surface area contributed by atoms with Crippen molar-refractivity contribution in [2.75, 3.05) is 4.72 Å². The molecule has 0 aliphatic heterocycles. The maximum Gasteiger partial charge on any atom is 0.167 e. The van der Waals surface area contributed by atoms with Crippen LogP contribution in [-0.4, -0.2) is 14.5 Å². The summed E-state index contributed by atoms with van der Waals surface area (Å²) in [7, 11) is 0. The molecule has 0 fully saturated rings. The maximum atomic E-state index is 13.6. The Kier molecular flexibility index (Phi) is 5.99. The lowest BCUT2D eigenvalue weighted by molar-refractivity contribution is 0.0988. The van der Waals surface area contributed by atoms with Gasteiger partial charge in [-0.2, -0.15) is 0 Å². The molecular weight excluding hydrogens is 340 g/mol. The lowest BCUT2D eigenvalue weighted by Crippen LogP contribution is -2.09. The van der Waals surface area contributed by atoms with E-state index in [4.69, 9.17) is 4.74 Å². The van der Waals surface area contributed by atoms with Gasteiger partial charge in [-0.15, -0.1) is 0 Å². The molecule has 24 heavy (non-hydrogen) atoms. The zero-order chi connectivity index (χ0) is 17.7. The van der Waals surface area contributed by atoms with Crippen LogP contribution in [0.1, 0.15) is 29.3 Å². The summed E-state index contributed by atoms with van der Waals surface area (Å²) in [6, 6.07) is 7.24. The van der Waals surface area contributed by atoms with Crippen LogP contribution in [0, 0.1) is 11.6 Å². The third kappa shape index (κ3) is 4.59. The number of hydrogen-bond donors (Lipinski definition) is 1. The van der Waals surface area contributed by atoms with Gasteiger partial charge in [-0.3, -0.25) is 9.00 Å². The monoisotopic (exact) mass is 354 g/mol. The van der Waals surface area contributed by atoms with Gasteiger partial charge in [0.2, 0.25) is 0 Å². The molecule has 0 aliphatic rings. The van der Waals surface area contributed by atoms with Crippen LogP contribution in [0.2, 0.25) is 0 Å². The van der Waals surface area contributed by atoms with Gasteiger partial charge in [-0.05, 0) is 30.3 Å². The van der Waals surface area contributed by atoms with E-state index >= 15 is 0 Å². The average Bonchev–Trinajstić information content (AvgIpc) is 2.54. The predicted octanol–water partition coefficient (Wildman–Crippen LogP) is 3.34. The van der Waals surface area contributed by atoms with E-state index in [9.17, 15) is 22.3 Å².